The molecule has 0 radical (unpaired) electrons. The van der Waals surface area contributed by atoms with Crippen LogP contribution in [0.5, 0.6) is 0 Å². The van der Waals surface area contributed by atoms with Gasteiger partial charge in [-0.15, -0.1) is 0 Å². The maximum Gasteiger partial charge on any atom is 0.147 e. The van der Waals surface area contributed by atoms with Crippen LogP contribution >= 0.6 is 23.2 Å². The van der Waals surface area contributed by atoms with Gasteiger partial charge in [0.15, 0.2) is 0 Å². The number of benzene rings is 1. The van der Waals surface area contributed by atoms with Gasteiger partial charge < -0.3 is 0 Å². The average Bonchev–Trinajstić information content (AvgIpc) is 2.22. The highest BCUT2D eigenvalue weighted by molar-refractivity contribution is 6.41. The standard InChI is InChI=1S/C11H6Cl2FN/c12-10-5-8(6-15-11(10)13)7-2-1-3-9(14)4-7/h1-6H. The Hall–Kier alpha value is -1.12. The minimum atomic E-state index is -0.293. The lowest BCUT2D eigenvalue weighted by Crippen LogP contribution is -1.83. The van der Waals surface area contributed by atoms with E-state index in [0.717, 1.165) is 11.1 Å². The zero-order valence-electron chi connectivity index (χ0n) is 7.55. The van der Waals surface area contributed by atoms with Crippen molar-refractivity contribution < 1.29 is 4.39 Å². The third-order valence-corrected chi connectivity index (χ3v) is 2.64. The minimum absolute atomic E-state index is 0.247. The first-order chi connectivity index (χ1) is 7.16. The summed E-state index contributed by atoms with van der Waals surface area (Å²) in [6.45, 7) is 0. The Labute approximate surface area is 96.5 Å². The van der Waals surface area contributed by atoms with Crippen LogP contribution in [0.1, 0.15) is 0 Å². The van der Waals surface area contributed by atoms with Gasteiger partial charge in [0.25, 0.3) is 0 Å². The lowest BCUT2D eigenvalue weighted by atomic mass is 10.1. The number of nitrogens with zero attached hydrogens (tertiary/aromatic N) is 1. The van der Waals surface area contributed by atoms with E-state index in [4.69, 9.17) is 23.2 Å². The van der Waals surface area contributed by atoms with E-state index < -0.39 is 0 Å². The molecule has 0 saturated heterocycles. The van der Waals surface area contributed by atoms with Crippen LogP contribution in [0.2, 0.25) is 10.2 Å². The Morgan fingerprint density at radius 1 is 1.07 bits per heavy atom. The molecule has 0 bridgehead atoms. The highest BCUT2D eigenvalue weighted by Gasteiger charge is 2.03. The van der Waals surface area contributed by atoms with Crippen LogP contribution < -0.4 is 0 Å². The molecule has 0 saturated carbocycles. The van der Waals surface area contributed by atoms with Crippen LogP contribution in [0.3, 0.4) is 0 Å². The fraction of sp³-hybridized carbons (Fsp3) is 0. The van der Waals surface area contributed by atoms with E-state index >= 15 is 0 Å². The van der Waals surface area contributed by atoms with Crippen LogP contribution in [0.15, 0.2) is 36.5 Å². The molecule has 0 aliphatic carbocycles. The van der Waals surface area contributed by atoms with Crippen LogP contribution in [-0.2, 0) is 0 Å². The molecule has 15 heavy (non-hydrogen) atoms. The van der Waals surface area contributed by atoms with Gasteiger partial charge in [0.1, 0.15) is 11.0 Å². The second-order valence-electron chi connectivity index (χ2n) is 3.01. The van der Waals surface area contributed by atoms with Gasteiger partial charge in [-0.1, -0.05) is 35.3 Å². The van der Waals surface area contributed by atoms with Crippen molar-refractivity contribution >= 4 is 23.2 Å². The van der Waals surface area contributed by atoms with Gasteiger partial charge >= 0.3 is 0 Å². The predicted octanol–water partition coefficient (Wildman–Crippen LogP) is 4.19. The van der Waals surface area contributed by atoms with Crippen molar-refractivity contribution in [3.05, 3.63) is 52.5 Å². The maximum absolute atomic E-state index is 13.0. The van der Waals surface area contributed by atoms with Crippen molar-refractivity contribution in [2.75, 3.05) is 0 Å². The number of pyridine rings is 1. The lowest BCUT2D eigenvalue weighted by Gasteiger charge is -2.02. The number of halogens is 3. The van der Waals surface area contributed by atoms with Crippen molar-refractivity contribution in [1.29, 1.82) is 0 Å². The fourth-order valence-electron chi connectivity index (χ4n) is 1.25. The molecule has 0 aliphatic rings. The molecule has 0 atom stereocenters. The molecule has 1 aromatic carbocycles. The molecular weight excluding hydrogens is 236 g/mol. The van der Waals surface area contributed by atoms with E-state index in [-0.39, 0.29) is 11.0 Å². The molecule has 76 valence electrons. The zero-order chi connectivity index (χ0) is 10.8. The second-order valence-corrected chi connectivity index (χ2v) is 3.77. The zero-order valence-corrected chi connectivity index (χ0v) is 9.06. The van der Waals surface area contributed by atoms with E-state index in [1.807, 2.05) is 0 Å². The van der Waals surface area contributed by atoms with Crippen molar-refractivity contribution in [2.45, 2.75) is 0 Å². The quantitative estimate of drug-likeness (QED) is 0.683. The van der Waals surface area contributed by atoms with E-state index in [0.29, 0.717) is 5.02 Å². The highest BCUT2D eigenvalue weighted by atomic mass is 35.5. The maximum atomic E-state index is 13.0. The van der Waals surface area contributed by atoms with Gasteiger partial charge in [-0.3, -0.25) is 0 Å². The summed E-state index contributed by atoms with van der Waals surface area (Å²) < 4.78 is 13.0. The van der Waals surface area contributed by atoms with Crippen LogP contribution in [-0.4, -0.2) is 4.98 Å². The fourth-order valence-corrected chi connectivity index (χ4v) is 1.52. The SMILES string of the molecule is Fc1cccc(-c2cnc(Cl)c(Cl)c2)c1. The first-order valence-corrected chi connectivity index (χ1v) is 4.99. The molecule has 2 rings (SSSR count). The largest absolute Gasteiger partial charge is 0.242 e. The molecule has 1 aromatic heterocycles. The first kappa shape index (κ1) is 10.4. The minimum Gasteiger partial charge on any atom is -0.242 e. The molecule has 0 N–H and O–H groups in total. The van der Waals surface area contributed by atoms with E-state index in [2.05, 4.69) is 4.98 Å². The predicted molar refractivity (Wildman–Crippen MR) is 59.7 cm³/mol. The molecule has 0 spiro atoms. The monoisotopic (exact) mass is 241 g/mol. The Kier molecular flexibility index (Phi) is 2.89. The lowest BCUT2D eigenvalue weighted by molar-refractivity contribution is 0.628. The Morgan fingerprint density at radius 3 is 2.53 bits per heavy atom. The molecule has 0 aliphatic heterocycles. The number of rotatable bonds is 1. The summed E-state index contributed by atoms with van der Waals surface area (Å²) in [5.41, 5.74) is 1.46. The van der Waals surface area contributed by atoms with Gasteiger partial charge in [0, 0.05) is 11.8 Å². The normalized spacial score (nSPS) is 10.3. The summed E-state index contributed by atoms with van der Waals surface area (Å²) in [5, 5.41) is 0.607. The van der Waals surface area contributed by atoms with Crippen LogP contribution in [0.25, 0.3) is 11.1 Å². The van der Waals surface area contributed by atoms with Gasteiger partial charge in [-0.05, 0) is 23.8 Å². The van der Waals surface area contributed by atoms with E-state index in [1.165, 1.54) is 12.1 Å². The third kappa shape index (κ3) is 2.28. The van der Waals surface area contributed by atoms with Crippen molar-refractivity contribution in [1.82, 2.24) is 4.98 Å². The topological polar surface area (TPSA) is 12.9 Å². The summed E-state index contributed by atoms with van der Waals surface area (Å²) in [6, 6.07) is 7.87. The Balaban J connectivity index is 2.50. The van der Waals surface area contributed by atoms with Crippen LogP contribution in [0, 0.1) is 5.82 Å². The summed E-state index contributed by atoms with van der Waals surface area (Å²) in [5.74, 6) is -0.293. The second kappa shape index (κ2) is 4.17. The highest BCUT2D eigenvalue weighted by Crippen LogP contribution is 2.26. The molecule has 0 unspecified atom stereocenters. The molecule has 1 nitrogen and oxygen atoms in total. The summed E-state index contributed by atoms with van der Waals surface area (Å²) >= 11 is 11.5. The number of aromatic nitrogens is 1. The first-order valence-electron chi connectivity index (χ1n) is 4.24. The van der Waals surface area contributed by atoms with Gasteiger partial charge in [-0.2, -0.15) is 0 Å². The smallest absolute Gasteiger partial charge is 0.147 e. The van der Waals surface area contributed by atoms with E-state index in [1.54, 1.807) is 24.4 Å². The molecule has 0 fully saturated rings. The Morgan fingerprint density at radius 2 is 1.87 bits per heavy atom. The third-order valence-electron chi connectivity index (χ3n) is 1.95. The van der Waals surface area contributed by atoms with E-state index in [9.17, 15) is 4.39 Å². The summed E-state index contributed by atoms with van der Waals surface area (Å²) in [7, 11) is 0. The molecular formula is C11H6Cl2FN. The van der Waals surface area contributed by atoms with Crippen LogP contribution in [0.4, 0.5) is 4.39 Å². The molecule has 0 amide bonds. The summed E-state index contributed by atoms with van der Waals surface area (Å²) in [4.78, 5) is 3.90. The van der Waals surface area contributed by atoms with Crippen molar-refractivity contribution in [3.8, 4) is 11.1 Å². The van der Waals surface area contributed by atoms with Crippen molar-refractivity contribution in [3.63, 3.8) is 0 Å². The Bertz CT molecular complexity index is 500. The van der Waals surface area contributed by atoms with Gasteiger partial charge in [-0.25, -0.2) is 9.37 Å². The molecule has 1 heterocycles. The number of hydrogen-bond acceptors (Lipinski definition) is 1. The summed E-state index contributed by atoms with van der Waals surface area (Å²) in [6.07, 6.45) is 1.56. The molecule has 4 heteroatoms. The average molecular weight is 242 g/mol. The van der Waals surface area contributed by atoms with Gasteiger partial charge in [0.2, 0.25) is 0 Å². The number of hydrogen-bond donors (Lipinski definition) is 0. The molecule has 2 aromatic rings. The van der Waals surface area contributed by atoms with Crippen molar-refractivity contribution in [2.24, 2.45) is 0 Å². The van der Waals surface area contributed by atoms with Gasteiger partial charge in [0.05, 0.1) is 5.02 Å².